The van der Waals surface area contributed by atoms with Crippen molar-refractivity contribution in [2.24, 2.45) is 5.73 Å². The van der Waals surface area contributed by atoms with Crippen molar-refractivity contribution in [2.75, 3.05) is 0 Å². The summed E-state index contributed by atoms with van der Waals surface area (Å²) in [6.45, 7) is 0. The highest BCUT2D eigenvalue weighted by molar-refractivity contribution is 7.16. The summed E-state index contributed by atoms with van der Waals surface area (Å²) in [7, 11) is 0. The number of carbonyl (C=O) groups is 1. The maximum absolute atomic E-state index is 8.58. The molecule has 0 fully saturated rings. The van der Waals surface area contributed by atoms with Gasteiger partial charge in [0.25, 0.3) is 0 Å². The number of thiazole rings is 1. The Morgan fingerprint density at radius 1 is 1.42 bits per heavy atom. The topological polar surface area (TPSA) is 56.0 Å². The molecule has 2 N–H and O–H groups in total. The van der Waals surface area contributed by atoms with E-state index < -0.39 is 0 Å². The fourth-order valence-corrected chi connectivity index (χ4v) is 1.48. The molecule has 0 aliphatic carbocycles. The van der Waals surface area contributed by atoms with Gasteiger partial charge in [0.05, 0.1) is 15.7 Å². The van der Waals surface area contributed by atoms with Crippen molar-refractivity contribution < 1.29 is 4.79 Å². The van der Waals surface area contributed by atoms with E-state index in [4.69, 9.17) is 4.79 Å². The highest BCUT2D eigenvalue weighted by atomic mass is 32.1. The molecule has 0 saturated carbocycles. The van der Waals surface area contributed by atoms with Gasteiger partial charge in [-0.1, -0.05) is 12.1 Å². The number of rotatable bonds is 0. The van der Waals surface area contributed by atoms with Gasteiger partial charge < -0.3 is 5.73 Å². The van der Waals surface area contributed by atoms with Crippen LogP contribution in [0, 0.1) is 0 Å². The zero-order valence-corrected chi connectivity index (χ0v) is 7.12. The van der Waals surface area contributed by atoms with Gasteiger partial charge in [-0.2, -0.15) is 0 Å². The van der Waals surface area contributed by atoms with Crippen LogP contribution < -0.4 is 5.73 Å². The highest BCUT2D eigenvalue weighted by Gasteiger charge is 1.89. The lowest BCUT2D eigenvalue weighted by atomic mass is 10.3. The Kier molecular flexibility index (Phi) is 3.22. The molecule has 4 heteroatoms. The lowest BCUT2D eigenvalue weighted by Gasteiger charge is -1.80. The third-order valence-corrected chi connectivity index (χ3v) is 2.05. The summed E-state index contributed by atoms with van der Waals surface area (Å²) < 4.78 is 1.26. The second kappa shape index (κ2) is 4.46. The first kappa shape index (κ1) is 8.67. The van der Waals surface area contributed by atoms with Crippen LogP contribution in [0.5, 0.6) is 0 Å². The Balaban J connectivity index is 0.000000213. The van der Waals surface area contributed by atoms with Gasteiger partial charge in [0.2, 0.25) is 6.41 Å². The van der Waals surface area contributed by atoms with Crippen molar-refractivity contribution in [1.82, 2.24) is 4.98 Å². The maximum Gasteiger partial charge on any atom is 0.204 e. The molecule has 1 aromatic heterocycles. The lowest BCUT2D eigenvalue weighted by molar-refractivity contribution is -0.106. The van der Waals surface area contributed by atoms with Crippen LogP contribution in [0.25, 0.3) is 10.2 Å². The minimum Gasteiger partial charge on any atom is -0.372 e. The third kappa shape index (κ3) is 2.03. The van der Waals surface area contributed by atoms with E-state index in [1.54, 1.807) is 11.3 Å². The van der Waals surface area contributed by atoms with Gasteiger partial charge in [-0.3, -0.25) is 4.79 Å². The molecule has 0 saturated heterocycles. The predicted octanol–water partition coefficient (Wildman–Crippen LogP) is 1.40. The van der Waals surface area contributed by atoms with Crippen LogP contribution in [0.1, 0.15) is 0 Å². The number of para-hydroxylation sites is 1. The van der Waals surface area contributed by atoms with Crippen LogP contribution in [0.15, 0.2) is 29.8 Å². The zero-order valence-electron chi connectivity index (χ0n) is 6.31. The van der Waals surface area contributed by atoms with Crippen LogP contribution in [-0.4, -0.2) is 11.4 Å². The number of primary amides is 1. The first-order valence-electron chi connectivity index (χ1n) is 3.32. The average molecular weight is 180 g/mol. The monoisotopic (exact) mass is 180 g/mol. The molecule has 0 radical (unpaired) electrons. The standard InChI is InChI=1S/C7H5NS.CH3NO/c1-2-4-7-6(3-1)8-5-9-7;2-1-3/h1-5H;1H,(H2,2,3). The Bertz CT molecular complexity index is 328. The highest BCUT2D eigenvalue weighted by Crippen LogP contribution is 2.15. The third-order valence-electron chi connectivity index (χ3n) is 1.24. The molecule has 0 unspecified atom stereocenters. The number of nitrogens with two attached hydrogens (primary N) is 1. The molecular weight excluding hydrogens is 172 g/mol. The van der Waals surface area contributed by atoms with Gasteiger partial charge in [-0.05, 0) is 12.1 Å². The van der Waals surface area contributed by atoms with Crippen molar-refractivity contribution in [3.05, 3.63) is 29.8 Å². The molecule has 0 atom stereocenters. The van der Waals surface area contributed by atoms with Crippen LogP contribution in [0.2, 0.25) is 0 Å². The van der Waals surface area contributed by atoms with Gasteiger partial charge in [0.1, 0.15) is 0 Å². The smallest absolute Gasteiger partial charge is 0.204 e. The Morgan fingerprint density at radius 3 is 2.75 bits per heavy atom. The van der Waals surface area contributed by atoms with Crippen molar-refractivity contribution in [2.45, 2.75) is 0 Å². The fourth-order valence-electron chi connectivity index (χ4n) is 0.803. The van der Waals surface area contributed by atoms with Crippen molar-refractivity contribution in [3.8, 4) is 0 Å². The fraction of sp³-hybridized carbons (Fsp3) is 0. The molecule has 1 heterocycles. The Morgan fingerprint density at radius 2 is 2.08 bits per heavy atom. The lowest BCUT2D eigenvalue weighted by Crippen LogP contribution is -1.82. The first-order valence-corrected chi connectivity index (χ1v) is 4.20. The quantitative estimate of drug-likeness (QED) is 0.623. The number of hydrogen-bond donors (Lipinski definition) is 1. The summed E-state index contributed by atoms with van der Waals surface area (Å²) in [5.74, 6) is 0. The molecule has 0 spiro atoms. The first-order chi connectivity index (χ1) is 5.88. The van der Waals surface area contributed by atoms with Crippen LogP contribution in [-0.2, 0) is 4.79 Å². The average Bonchev–Trinajstić information content (AvgIpc) is 2.52. The van der Waals surface area contributed by atoms with E-state index in [0.29, 0.717) is 0 Å². The zero-order chi connectivity index (χ0) is 8.81. The van der Waals surface area contributed by atoms with Gasteiger partial charge in [0.15, 0.2) is 0 Å². The SMILES string of the molecule is NC=O.c1ccc2scnc2c1. The number of amides is 1. The molecule has 1 aromatic carbocycles. The maximum atomic E-state index is 8.58. The van der Waals surface area contributed by atoms with E-state index in [0.717, 1.165) is 5.52 Å². The Labute approximate surface area is 73.8 Å². The number of hydrogen-bond acceptors (Lipinski definition) is 3. The molecule has 62 valence electrons. The molecular formula is C8H8N2OS. The van der Waals surface area contributed by atoms with Gasteiger partial charge in [-0.15, -0.1) is 11.3 Å². The minimum absolute atomic E-state index is 0.250. The molecule has 0 aliphatic heterocycles. The van der Waals surface area contributed by atoms with E-state index in [1.165, 1.54) is 4.70 Å². The second-order valence-electron chi connectivity index (χ2n) is 1.96. The number of nitrogens with zero attached hydrogens (tertiary/aromatic N) is 1. The van der Waals surface area contributed by atoms with Gasteiger partial charge >= 0.3 is 0 Å². The normalized spacial score (nSPS) is 8.67. The molecule has 2 rings (SSSR count). The molecule has 3 nitrogen and oxygen atoms in total. The molecule has 0 aliphatic rings. The van der Waals surface area contributed by atoms with E-state index in [9.17, 15) is 0 Å². The summed E-state index contributed by atoms with van der Waals surface area (Å²) >= 11 is 1.68. The van der Waals surface area contributed by atoms with Crippen molar-refractivity contribution in [3.63, 3.8) is 0 Å². The Hall–Kier alpha value is -1.42. The van der Waals surface area contributed by atoms with E-state index in [2.05, 4.69) is 16.8 Å². The number of carbonyl (C=O) groups excluding carboxylic acids is 1. The second-order valence-corrected chi connectivity index (χ2v) is 2.84. The van der Waals surface area contributed by atoms with E-state index in [1.807, 2.05) is 23.7 Å². The largest absolute Gasteiger partial charge is 0.372 e. The molecule has 1 amide bonds. The van der Waals surface area contributed by atoms with Crippen LogP contribution in [0.4, 0.5) is 0 Å². The molecule has 2 aromatic rings. The number of fused-ring (bicyclic) bond motifs is 1. The van der Waals surface area contributed by atoms with Crippen LogP contribution >= 0.6 is 11.3 Å². The summed E-state index contributed by atoms with van der Waals surface area (Å²) in [4.78, 5) is 12.7. The number of benzene rings is 1. The summed E-state index contributed by atoms with van der Waals surface area (Å²) in [6, 6.07) is 8.13. The van der Waals surface area contributed by atoms with E-state index in [-0.39, 0.29) is 6.41 Å². The molecule has 12 heavy (non-hydrogen) atoms. The summed E-state index contributed by atoms with van der Waals surface area (Å²) in [5, 5.41) is 0. The summed E-state index contributed by atoms with van der Waals surface area (Å²) in [5.41, 5.74) is 7.13. The van der Waals surface area contributed by atoms with Crippen LogP contribution in [0.3, 0.4) is 0 Å². The van der Waals surface area contributed by atoms with Gasteiger partial charge in [-0.25, -0.2) is 4.98 Å². The van der Waals surface area contributed by atoms with Crippen molar-refractivity contribution >= 4 is 28.0 Å². The van der Waals surface area contributed by atoms with Gasteiger partial charge in [0, 0.05) is 0 Å². The van der Waals surface area contributed by atoms with Crippen molar-refractivity contribution in [1.29, 1.82) is 0 Å². The summed E-state index contributed by atoms with van der Waals surface area (Å²) in [6.07, 6.45) is 0.250. The number of aromatic nitrogens is 1. The molecule has 0 bridgehead atoms. The van der Waals surface area contributed by atoms with E-state index >= 15 is 0 Å². The predicted molar refractivity (Wildman–Crippen MR) is 49.9 cm³/mol. The minimum atomic E-state index is 0.250.